The molecule has 9 heteroatoms. The highest BCUT2D eigenvalue weighted by molar-refractivity contribution is 7.89. The lowest BCUT2D eigenvalue weighted by Gasteiger charge is -2.36. The van der Waals surface area contributed by atoms with Crippen LogP contribution in [0.1, 0.15) is 50.6 Å². The molecule has 0 aliphatic carbocycles. The maximum Gasteiger partial charge on any atom is 0.247 e. The maximum atomic E-state index is 13.1. The van der Waals surface area contributed by atoms with E-state index in [1.54, 1.807) is 28.6 Å². The van der Waals surface area contributed by atoms with Crippen molar-refractivity contribution in [2.75, 3.05) is 26.2 Å². The van der Waals surface area contributed by atoms with Crippen LogP contribution in [0.2, 0.25) is 5.02 Å². The van der Waals surface area contributed by atoms with Crippen LogP contribution in [0.15, 0.2) is 57.8 Å². The number of aromatic nitrogens is 2. The van der Waals surface area contributed by atoms with Crippen LogP contribution < -0.4 is 0 Å². The fraction of sp³-hybridized carbons (Fsp3) is 0.417. The fourth-order valence-electron chi connectivity index (χ4n) is 3.98. The molecular weight excluding hydrogens is 460 g/mol. The maximum absolute atomic E-state index is 13.1. The average molecular weight is 489 g/mol. The van der Waals surface area contributed by atoms with E-state index in [1.807, 2.05) is 31.2 Å². The summed E-state index contributed by atoms with van der Waals surface area (Å²) in [4.78, 5) is 2.51. The lowest BCUT2D eigenvalue weighted by Crippen LogP contribution is -2.49. The number of benzene rings is 2. The highest BCUT2D eigenvalue weighted by atomic mass is 35.5. The van der Waals surface area contributed by atoms with Crippen molar-refractivity contribution in [2.24, 2.45) is 0 Å². The SMILES string of the molecule is CCC(C)c1ccc(S(=O)(=O)N2CCN(C(C)c3nnc(-c4cccc(Cl)c4)o3)CC2)cc1. The highest BCUT2D eigenvalue weighted by Crippen LogP contribution is 2.28. The van der Waals surface area contributed by atoms with E-state index < -0.39 is 10.0 Å². The largest absolute Gasteiger partial charge is 0.419 e. The molecule has 0 spiro atoms. The molecule has 0 bridgehead atoms. The van der Waals surface area contributed by atoms with E-state index in [-0.39, 0.29) is 6.04 Å². The number of nitrogens with zero attached hydrogens (tertiary/aromatic N) is 4. The number of halogens is 1. The number of hydrogen-bond donors (Lipinski definition) is 0. The molecule has 0 amide bonds. The third-order valence-electron chi connectivity index (χ3n) is 6.39. The molecule has 2 unspecified atom stereocenters. The van der Waals surface area contributed by atoms with Crippen molar-refractivity contribution in [3.05, 3.63) is 65.0 Å². The topological polar surface area (TPSA) is 79.5 Å². The lowest BCUT2D eigenvalue weighted by molar-refractivity contribution is 0.129. The summed E-state index contributed by atoms with van der Waals surface area (Å²) >= 11 is 6.06. The third-order valence-corrected chi connectivity index (χ3v) is 8.54. The zero-order valence-corrected chi connectivity index (χ0v) is 20.7. The highest BCUT2D eigenvalue weighted by Gasteiger charge is 2.32. The van der Waals surface area contributed by atoms with E-state index in [1.165, 1.54) is 0 Å². The van der Waals surface area contributed by atoms with Crippen molar-refractivity contribution in [3.8, 4) is 11.5 Å². The van der Waals surface area contributed by atoms with Gasteiger partial charge in [0.2, 0.25) is 21.8 Å². The van der Waals surface area contributed by atoms with E-state index in [4.69, 9.17) is 16.0 Å². The zero-order chi connectivity index (χ0) is 23.6. The Labute approximate surface area is 200 Å². The second-order valence-electron chi connectivity index (χ2n) is 8.45. The van der Waals surface area contributed by atoms with Crippen LogP contribution in [0.3, 0.4) is 0 Å². The van der Waals surface area contributed by atoms with Gasteiger partial charge in [-0.25, -0.2) is 8.42 Å². The molecule has 0 radical (unpaired) electrons. The third kappa shape index (κ3) is 5.14. The second kappa shape index (κ2) is 9.93. The first kappa shape index (κ1) is 23.9. The molecule has 176 valence electrons. The Kier molecular flexibility index (Phi) is 7.19. The number of sulfonamides is 1. The van der Waals surface area contributed by atoms with Gasteiger partial charge in [-0.2, -0.15) is 4.31 Å². The Morgan fingerprint density at radius 2 is 1.73 bits per heavy atom. The summed E-state index contributed by atoms with van der Waals surface area (Å²) in [6.07, 6.45) is 1.02. The van der Waals surface area contributed by atoms with Crippen LogP contribution in [-0.4, -0.2) is 54.0 Å². The predicted molar refractivity (Wildman–Crippen MR) is 129 cm³/mol. The first-order valence-electron chi connectivity index (χ1n) is 11.2. The lowest BCUT2D eigenvalue weighted by atomic mass is 9.99. The normalized spacial score (nSPS) is 17.7. The van der Waals surface area contributed by atoms with Gasteiger partial charge < -0.3 is 4.42 Å². The Balaban J connectivity index is 1.40. The summed E-state index contributed by atoms with van der Waals surface area (Å²) in [5.41, 5.74) is 1.93. The Bertz CT molecular complexity index is 1190. The second-order valence-corrected chi connectivity index (χ2v) is 10.8. The van der Waals surface area contributed by atoms with Gasteiger partial charge in [-0.3, -0.25) is 4.90 Å². The van der Waals surface area contributed by atoms with Crippen molar-refractivity contribution in [1.29, 1.82) is 0 Å². The zero-order valence-electron chi connectivity index (χ0n) is 19.1. The van der Waals surface area contributed by atoms with E-state index in [9.17, 15) is 8.42 Å². The minimum Gasteiger partial charge on any atom is -0.419 e. The van der Waals surface area contributed by atoms with Crippen molar-refractivity contribution < 1.29 is 12.8 Å². The number of rotatable bonds is 7. The molecule has 1 aliphatic rings. The van der Waals surface area contributed by atoms with Gasteiger partial charge >= 0.3 is 0 Å². The van der Waals surface area contributed by atoms with Gasteiger partial charge in [-0.15, -0.1) is 10.2 Å². The summed E-state index contributed by atoms with van der Waals surface area (Å²) in [6.45, 7) is 8.26. The van der Waals surface area contributed by atoms with Crippen LogP contribution in [0.5, 0.6) is 0 Å². The molecule has 33 heavy (non-hydrogen) atoms. The van der Waals surface area contributed by atoms with Crippen LogP contribution in [-0.2, 0) is 10.0 Å². The molecule has 0 saturated carbocycles. The molecule has 0 N–H and O–H groups in total. The van der Waals surface area contributed by atoms with Crippen LogP contribution >= 0.6 is 11.6 Å². The summed E-state index contributed by atoms with van der Waals surface area (Å²) < 4.78 is 33.7. The molecule has 1 aromatic heterocycles. The first-order chi connectivity index (χ1) is 15.8. The molecule has 2 aromatic carbocycles. The minimum atomic E-state index is -3.52. The van der Waals surface area contributed by atoms with Gasteiger partial charge in [0, 0.05) is 36.8 Å². The van der Waals surface area contributed by atoms with Crippen molar-refractivity contribution >= 4 is 21.6 Å². The molecular formula is C24H29ClN4O3S. The van der Waals surface area contributed by atoms with Crippen molar-refractivity contribution in [2.45, 2.75) is 44.0 Å². The Morgan fingerprint density at radius 1 is 1.03 bits per heavy atom. The molecule has 7 nitrogen and oxygen atoms in total. The van der Waals surface area contributed by atoms with Crippen LogP contribution in [0.25, 0.3) is 11.5 Å². The molecule has 1 saturated heterocycles. The Morgan fingerprint density at radius 3 is 2.36 bits per heavy atom. The summed E-state index contributed by atoms with van der Waals surface area (Å²) in [7, 11) is -3.52. The first-order valence-corrected chi connectivity index (χ1v) is 13.0. The summed E-state index contributed by atoms with van der Waals surface area (Å²) in [6, 6.07) is 14.4. The van der Waals surface area contributed by atoms with Gasteiger partial charge in [-0.1, -0.05) is 43.6 Å². The quantitative estimate of drug-likeness (QED) is 0.467. The molecule has 2 atom stereocenters. The molecule has 2 heterocycles. The van der Waals surface area contributed by atoms with Gasteiger partial charge in [0.1, 0.15) is 0 Å². The summed E-state index contributed by atoms with van der Waals surface area (Å²) in [5.74, 6) is 1.33. The predicted octanol–water partition coefficient (Wildman–Crippen LogP) is 4.97. The Hall–Kier alpha value is -2.26. The van der Waals surface area contributed by atoms with Gasteiger partial charge in [-0.05, 0) is 55.2 Å². The van der Waals surface area contributed by atoms with Crippen LogP contribution in [0, 0.1) is 0 Å². The molecule has 1 aliphatic heterocycles. The van der Waals surface area contributed by atoms with E-state index in [0.29, 0.717) is 53.8 Å². The minimum absolute atomic E-state index is 0.120. The van der Waals surface area contributed by atoms with Crippen LogP contribution in [0.4, 0.5) is 0 Å². The van der Waals surface area contributed by atoms with Crippen molar-refractivity contribution in [1.82, 2.24) is 19.4 Å². The number of hydrogen-bond acceptors (Lipinski definition) is 6. The van der Waals surface area contributed by atoms with Gasteiger partial charge in [0.15, 0.2) is 0 Å². The van der Waals surface area contributed by atoms with Gasteiger partial charge in [0.05, 0.1) is 10.9 Å². The van der Waals surface area contributed by atoms with Gasteiger partial charge in [0.25, 0.3) is 0 Å². The van der Waals surface area contributed by atoms with E-state index in [2.05, 4.69) is 28.9 Å². The standard InChI is InChI=1S/C24H29ClN4O3S/c1-4-17(2)19-8-10-22(11-9-19)33(30,31)29-14-12-28(13-15-29)18(3)23-26-27-24(32-23)20-6-5-7-21(25)16-20/h5-11,16-18H,4,12-15H2,1-3H3. The van der Waals surface area contributed by atoms with E-state index in [0.717, 1.165) is 17.5 Å². The molecule has 4 rings (SSSR count). The smallest absolute Gasteiger partial charge is 0.247 e. The fourth-order valence-corrected chi connectivity index (χ4v) is 5.59. The summed E-state index contributed by atoms with van der Waals surface area (Å²) in [5, 5.41) is 8.97. The average Bonchev–Trinajstić information content (AvgIpc) is 3.34. The van der Waals surface area contributed by atoms with Crippen molar-refractivity contribution in [3.63, 3.8) is 0 Å². The van der Waals surface area contributed by atoms with E-state index >= 15 is 0 Å². The molecule has 3 aromatic rings. The monoisotopic (exact) mass is 488 g/mol. The molecule has 1 fully saturated rings. The number of piperazine rings is 1.